The van der Waals surface area contributed by atoms with Gasteiger partial charge >= 0.3 is 11.9 Å². The highest BCUT2D eigenvalue weighted by atomic mass is 35.5. The first-order chi connectivity index (χ1) is 14.9. The number of carbonyl (C=O) groups is 3. The first kappa shape index (κ1) is 22.3. The quantitative estimate of drug-likeness (QED) is 0.281. The monoisotopic (exact) mass is 461 g/mol. The Morgan fingerprint density at radius 3 is 2.65 bits per heavy atom. The number of nitrogens with zero attached hydrogens (tertiary/aromatic N) is 2. The number of carbonyl (C=O) groups excluding carboxylic acids is 2. The summed E-state index contributed by atoms with van der Waals surface area (Å²) in [6.45, 7) is 0. The Balaban J connectivity index is 1.62. The van der Waals surface area contributed by atoms with Crippen molar-refractivity contribution in [1.29, 1.82) is 0 Å². The van der Waals surface area contributed by atoms with E-state index in [0.29, 0.717) is 16.9 Å². The van der Waals surface area contributed by atoms with E-state index in [1.54, 1.807) is 30.3 Å². The van der Waals surface area contributed by atoms with Crippen LogP contribution in [0.1, 0.15) is 22.3 Å². The molecule has 1 amide bonds. The van der Waals surface area contributed by atoms with Crippen molar-refractivity contribution in [2.24, 2.45) is 10.2 Å². The Kier molecular flexibility index (Phi) is 7.27. The molecular weight excluding hydrogens is 446 g/mol. The fourth-order valence-electron chi connectivity index (χ4n) is 2.46. The fraction of sp³-hybridized carbons (Fsp3) is 0.150. The Morgan fingerprint density at radius 1 is 1.26 bits per heavy atom. The number of aliphatic carboxylic acids is 1. The molecule has 160 valence electrons. The van der Waals surface area contributed by atoms with Crippen LogP contribution in [0.5, 0.6) is 11.5 Å². The van der Waals surface area contributed by atoms with Gasteiger partial charge in [0, 0.05) is 0 Å². The van der Waals surface area contributed by atoms with Gasteiger partial charge in [0.25, 0.3) is 0 Å². The van der Waals surface area contributed by atoms with Crippen molar-refractivity contribution in [1.82, 2.24) is 5.32 Å². The van der Waals surface area contributed by atoms with Gasteiger partial charge in [-0.3, -0.25) is 9.59 Å². The zero-order valence-corrected chi connectivity index (χ0v) is 17.6. The van der Waals surface area contributed by atoms with Crippen LogP contribution in [0.3, 0.4) is 0 Å². The third kappa shape index (κ3) is 6.06. The highest BCUT2D eigenvalue weighted by Crippen LogP contribution is 2.26. The van der Waals surface area contributed by atoms with Crippen molar-refractivity contribution in [3.05, 3.63) is 58.6 Å². The summed E-state index contributed by atoms with van der Waals surface area (Å²) in [6, 6.07) is 11.1. The zero-order chi connectivity index (χ0) is 22.4. The largest absolute Gasteiger partial charge is 0.497 e. The Morgan fingerprint density at radius 2 is 2.00 bits per heavy atom. The molecule has 0 aliphatic carbocycles. The average molecular weight is 462 g/mol. The second-order valence-electron chi connectivity index (χ2n) is 6.15. The molecular formula is C20H16ClN3O6S. The third-order valence-electron chi connectivity index (χ3n) is 3.98. The Hall–Kier alpha value is -3.37. The summed E-state index contributed by atoms with van der Waals surface area (Å²) in [5.41, 5.74) is 0.922. The topological polar surface area (TPSA) is 127 Å². The minimum atomic E-state index is -1.07. The highest BCUT2D eigenvalue weighted by Gasteiger charge is 2.32. The molecule has 0 radical (unpaired) electrons. The van der Waals surface area contributed by atoms with E-state index in [1.807, 2.05) is 0 Å². The standard InChI is InChI=1S/C20H16ClN3O6S/c1-29-13-5-3-12(4-6-13)19(28)30-15-7-2-11(8-14(15)21)10-22-24-20-23-18(27)16(31-20)9-17(25)26/h2-8,10,16H,9H2,1H3,(H,25,26)(H,23,24,27)/b22-10-/t16-/m1/s1. The van der Waals surface area contributed by atoms with E-state index in [-0.39, 0.29) is 22.4 Å². The Bertz CT molecular complexity index is 1070. The van der Waals surface area contributed by atoms with Gasteiger partial charge in [-0.15, -0.1) is 5.10 Å². The molecule has 2 aromatic carbocycles. The number of amides is 1. The molecule has 1 aliphatic heterocycles. The van der Waals surface area contributed by atoms with Crippen LogP contribution in [-0.4, -0.2) is 46.7 Å². The zero-order valence-electron chi connectivity index (χ0n) is 16.1. The molecule has 1 saturated heterocycles. The van der Waals surface area contributed by atoms with Gasteiger partial charge in [-0.2, -0.15) is 5.10 Å². The summed E-state index contributed by atoms with van der Waals surface area (Å²) >= 11 is 7.19. The van der Waals surface area contributed by atoms with Crippen LogP contribution in [0, 0.1) is 0 Å². The molecule has 1 atom stereocenters. The molecule has 2 N–H and O–H groups in total. The number of ether oxygens (including phenoxy) is 2. The van der Waals surface area contributed by atoms with Crippen LogP contribution in [0.15, 0.2) is 52.7 Å². The van der Waals surface area contributed by atoms with Crippen LogP contribution in [0.25, 0.3) is 0 Å². The lowest BCUT2D eigenvalue weighted by molar-refractivity contribution is -0.138. The average Bonchev–Trinajstić information content (AvgIpc) is 3.08. The van der Waals surface area contributed by atoms with E-state index in [4.69, 9.17) is 26.2 Å². The van der Waals surface area contributed by atoms with E-state index >= 15 is 0 Å². The lowest BCUT2D eigenvalue weighted by Gasteiger charge is -2.07. The highest BCUT2D eigenvalue weighted by molar-refractivity contribution is 8.15. The number of rotatable bonds is 7. The van der Waals surface area contributed by atoms with E-state index < -0.39 is 23.1 Å². The molecule has 0 aromatic heterocycles. The molecule has 0 saturated carbocycles. The van der Waals surface area contributed by atoms with E-state index in [0.717, 1.165) is 11.8 Å². The number of carboxylic acids is 1. The summed E-state index contributed by atoms with van der Waals surface area (Å²) in [5, 5.41) is 18.7. The lowest BCUT2D eigenvalue weighted by atomic mass is 10.2. The minimum Gasteiger partial charge on any atom is -0.497 e. The molecule has 1 heterocycles. The number of nitrogens with one attached hydrogen (secondary N) is 1. The van der Waals surface area contributed by atoms with Gasteiger partial charge in [-0.1, -0.05) is 23.4 Å². The summed E-state index contributed by atoms with van der Waals surface area (Å²) in [4.78, 5) is 34.6. The number of benzene rings is 2. The first-order valence-electron chi connectivity index (χ1n) is 8.82. The Labute approximate surface area is 186 Å². The maximum Gasteiger partial charge on any atom is 0.343 e. The molecule has 31 heavy (non-hydrogen) atoms. The maximum absolute atomic E-state index is 12.3. The summed E-state index contributed by atoms with van der Waals surface area (Å²) in [7, 11) is 1.53. The number of hydrogen-bond donors (Lipinski definition) is 2. The van der Waals surface area contributed by atoms with Crippen molar-refractivity contribution in [3.8, 4) is 11.5 Å². The number of thioether (sulfide) groups is 1. The van der Waals surface area contributed by atoms with Gasteiger partial charge in [-0.25, -0.2) is 4.79 Å². The fourth-order valence-corrected chi connectivity index (χ4v) is 3.60. The van der Waals surface area contributed by atoms with E-state index in [2.05, 4.69) is 15.5 Å². The molecule has 0 bridgehead atoms. The van der Waals surface area contributed by atoms with E-state index in [9.17, 15) is 14.4 Å². The van der Waals surface area contributed by atoms with Crippen LogP contribution >= 0.6 is 23.4 Å². The van der Waals surface area contributed by atoms with E-state index in [1.165, 1.54) is 25.5 Å². The van der Waals surface area contributed by atoms with Crippen molar-refractivity contribution >= 4 is 52.6 Å². The predicted octanol–water partition coefficient (Wildman–Crippen LogP) is 2.96. The number of halogens is 1. The van der Waals surface area contributed by atoms with Crippen molar-refractivity contribution in [2.45, 2.75) is 11.7 Å². The van der Waals surface area contributed by atoms with Gasteiger partial charge in [-0.05, 0) is 48.0 Å². The van der Waals surface area contributed by atoms with Crippen LogP contribution < -0.4 is 14.8 Å². The summed E-state index contributed by atoms with van der Waals surface area (Å²) in [6.07, 6.45) is 1.09. The van der Waals surface area contributed by atoms with Crippen molar-refractivity contribution in [2.75, 3.05) is 7.11 Å². The molecule has 9 nitrogen and oxygen atoms in total. The SMILES string of the molecule is COc1ccc(C(=O)Oc2ccc(/C=N\N=C3\NC(=O)[C@@H](CC(=O)O)S3)cc2Cl)cc1. The van der Waals surface area contributed by atoms with Gasteiger partial charge in [0.15, 0.2) is 5.17 Å². The van der Waals surface area contributed by atoms with Gasteiger partial charge in [0.2, 0.25) is 5.91 Å². The first-order valence-corrected chi connectivity index (χ1v) is 10.1. The summed E-state index contributed by atoms with van der Waals surface area (Å²) in [5.74, 6) is -1.26. The normalized spacial score (nSPS) is 17.0. The van der Waals surface area contributed by atoms with Crippen molar-refractivity contribution < 1.29 is 29.0 Å². The van der Waals surface area contributed by atoms with Gasteiger partial charge in [0.05, 0.1) is 30.3 Å². The lowest BCUT2D eigenvalue weighted by Crippen LogP contribution is -2.26. The number of esters is 1. The molecule has 3 rings (SSSR count). The molecule has 11 heteroatoms. The maximum atomic E-state index is 12.3. The third-order valence-corrected chi connectivity index (χ3v) is 5.34. The van der Waals surface area contributed by atoms with Gasteiger partial charge in [0.1, 0.15) is 16.7 Å². The number of amidine groups is 1. The van der Waals surface area contributed by atoms with Crippen LogP contribution in [-0.2, 0) is 9.59 Å². The van der Waals surface area contributed by atoms with Gasteiger partial charge < -0.3 is 19.9 Å². The number of hydrogen-bond acceptors (Lipinski definition) is 8. The smallest absolute Gasteiger partial charge is 0.343 e. The second kappa shape index (κ2) is 10.1. The predicted molar refractivity (Wildman–Crippen MR) is 116 cm³/mol. The molecule has 0 spiro atoms. The molecule has 0 unspecified atom stereocenters. The number of carboxylic acid groups (broad SMARTS) is 1. The molecule has 1 fully saturated rings. The molecule has 2 aromatic rings. The van der Waals surface area contributed by atoms with Crippen molar-refractivity contribution in [3.63, 3.8) is 0 Å². The second-order valence-corrected chi connectivity index (χ2v) is 7.75. The van der Waals surface area contributed by atoms with Crippen LogP contribution in [0.4, 0.5) is 0 Å². The number of methoxy groups -OCH3 is 1. The van der Waals surface area contributed by atoms with Crippen LogP contribution in [0.2, 0.25) is 5.02 Å². The summed E-state index contributed by atoms with van der Waals surface area (Å²) < 4.78 is 10.4. The minimum absolute atomic E-state index is 0.182. The molecule has 1 aliphatic rings.